The van der Waals surface area contributed by atoms with E-state index in [1.807, 2.05) is 0 Å². The summed E-state index contributed by atoms with van der Waals surface area (Å²) in [6.45, 7) is 0. The molecule has 1 aromatic rings. The zero-order valence-electron chi connectivity index (χ0n) is 9.97. The number of nitrogens with zero attached hydrogens (tertiary/aromatic N) is 1. The third-order valence-corrected chi connectivity index (χ3v) is 3.42. The number of carbonyl (C=O) groups is 1. The molecule has 19 heavy (non-hydrogen) atoms. The predicted octanol–water partition coefficient (Wildman–Crippen LogP) is 3.02. The second kappa shape index (κ2) is 5.05. The highest BCUT2D eigenvalue weighted by molar-refractivity contribution is 6.30. The van der Waals surface area contributed by atoms with E-state index >= 15 is 0 Å². The Morgan fingerprint density at radius 1 is 1.53 bits per heavy atom. The van der Waals surface area contributed by atoms with Gasteiger partial charge in [-0.15, -0.1) is 0 Å². The molecule has 0 spiro atoms. The number of halogens is 1. The van der Waals surface area contributed by atoms with E-state index in [0.29, 0.717) is 17.9 Å². The third kappa shape index (κ3) is 2.96. The summed E-state index contributed by atoms with van der Waals surface area (Å²) in [7, 11) is 0. The van der Waals surface area contributed by atoms with Crippen LogP contribution in [0.5, 0.6) is 5.75 Å². The lowest BCUT2D eigenvalue weighted by Gasteiger charge is -2.40. The fourth-order valence-electron chi connectivity index (χ4n) is 2.12. The number of benzene rings is 1. The molecule has 0 saturated heterocycles. The topological polar surface area (TPSA) is 89.7 Å². The highest BCUT2D eigenvalue weighted by atomic mass is 35.5. The molecular weight excluding hydrogens is 274 g/mol. The fraction of sp³-hybridized carbons (Fsp3) is 0.417. The molecular formula is C12H12ClNO5. The summed E-state index contributed by atoms with van der Waals surface area (Å²) in [6.07, 6.45) is 1.82. The number of hydrogen-bond donors (Lipinski definition) is 1. The van der Waals surface area contributed by atoms with E-state index in [2.05, 4.69) is 0 Å². The second-order valence-corrected chi connectivity index (χ2v) is 5.01. The average molecular weight is 286 g/mol. The first-order valence-corrected chi connectivity index (χ1v) is 6.14. The van der Waals surface area contributed by atoms with E-state index in [1.54, 1.807) is 0 Å². The Bertz CT molecular complexity index is 527. The van der Waals surface area contributed by atoms with Crippen LogP contribution in [0.25, 0.3) is 0 Å². The largest absolute Gasteiger partial charge is 0.481 e. The van der Waals surface area contributed by atoms with Crippen LogP contribution >= 0.6 is 11.6 Å². The van der Waals surface area contributed by atoms with E-state index in [9.17, 15) is 14.9 Å². The summed E-state index contributed by atoms with van der Waals surface area (Å²) in [4.78, 5) is 21.2. The van der Waals surface area contributed by atoms with Crippen LogP contribution in [-0.4, -0.2) is 21.6 Å². The van der Waals surface area contributed by atoms with E-state index in [4.69, 9.17) is 21.4 Å². The number of nitro groups is 1. The minimum atomic E-state index is -0.982. The lowest BCUT2D eigenvalue weighted by atomic mass is 9.77. The van der Waals surface area contributed by atoms with E-state index in [0.717, 1.165) is 6.42 Å². The number of nitro benzene ring substituents is 1. The number of ether oxygens (including phenoxy) is 1. The Kier molecular flexibility index (Phi) is 3.61. The molecule has 1 fully saturated rings. The van der Waals surface area contributed by atoms with Crippen LogP contribution in [0.4, 0.5) is 5.69 Å². The summed E-state index contributed by atoms with van der Waals surface area (Å²) in [5, 5.41) is 20.1. The minimum Gasteiger partial charge on any atom is -0.481 e. The summed E-state index contributed by atoms with van der Waals surface area (Å²) < 4.78 is 5.62. The second-order valence-electron chi connectivity index (χ2n) is 4.58. The molecule has 0 aromatic heterocycles. The summed E-state index contributed by atoms with van der Waals surface area (Å²) in [5.74, 6) is -0.956. The van der Waals surface area contributed by atoms with E-state index in [1.165, 1.54) is 18.2 Å². The molecule has 1 aromatic carbocycles. The maximum Gasteiger partial charge on any atom is 0.311 e. The fourth-order valence-corrected chi connectivity index (χ4v) is 2.28. The molecule has 0 heterocycles. The van der Waals surface area contributed by atoms with Crippen LogP contribution in [0, 0.1) is 10.1 Å². The van der Waals surface area contributed by atoms with Gasteiger partial charge in [0.15, 0.2) is 5.75 Å². The van der Waals surface area contributed by atoms with Crippen molar-refractivity contribution in [2.45, 2.75) is 31.3 Å². The first-order chi connectivity index (χ1) is 8.92. The van der Waals surface area contributed by atoms with Gasteiger partial charge in [0.2, 0.25) is 0 Å². The molecule has 0 unspecified atom stereocenters. The van der Waals surface area contributed by atoms with Crippen molar-refractivity contribution in [3.63, 3.8) is 0 Å². The highest BCUT2D eigenvalue weighted by Crippen LogP contribution is 2.42. The van der Waals surface area contributed by atoms with Crippen molar-refractivity contribution in [3.8, 4) is 5.75 Å². The van der Waals surface area contributed by atoms with Crippen molar-refractivity contribution in [1.82, 2.24) is 0 Å². The molecule has 1 aliphatic rings. The minimum absolute atomic E-state index is 0.0263. The van der Waals surface area contributed by atoms with Crippen LogP contribution in [0.15, 0.2) is 18.2 Å². The summed E-state index contributed by atoms with van der Waals surface area (Å²) in [5.41, 5.74) is -1.05. The summed E-state index contributed by atoms with van der Waals surface area (Å²) >= 11 is 5.80. The standard InChI is InChI=1S/C12H12ClNO5/c13-8-2-3-9(14(17)18)10(6-8)19-12(4-1-5-12)7-11(15)16/h2-3,6H,1,4-5,7H2,(H,15,16). The molecule has 0 bridgehead atoms. The third-order valence-electron chi connectivity index (χ3n) is 3.18. The van der Waals surface area contributed by atoms with Crippen molar-refractivity contribution in [1.29, 1.82) is 0 Å². The number of carboxylic acids is 1. The zero-order chi connectivity index (χ0) is 14.0. The lowest BCUT2D eigenvalue weighted by Crippen LogP contribution is -2.45. The summed E-state index contributed by atoms with van der Waals surface area (Å²) in [6, 6.07) is 4.00. The molecule has 7 heteroatoms. The van der Waals surface area contributed by atoms with Crippen LogP contribution < -0.4 is 4.74 Å². The van der Waals surface area contributed by atoms with Crippen LogP contribution in [0.1, 0.15) is 25.7 Å². The highest BCUT2D eigenvalue weighted by Gasteiger charge is 2.42. The van der Waals surface area contributed by atoms with Gasteiger partial charge in [-0.2, -0.15) is 0 Å². The molecule has 1 N–H and O–H groups in total. The molecule has 6 nitrogen and oxygen atoms in total. The van der Waals surface area contributed by atoms with Gasteiger partial charge < -0.3 is 9.84 Å². The molecule has 102 valence electrons. The van der Waals surface area contributed by atoms with Crippen molar-refractivity contribution < 1.29 is 19.6 Å². The van der Waals surface area contributed by atoms with Crippen LogP contribution in [0.3, 0.4) is 0 Å². The van der Waals surface area contributed by atoms with Crippen molar-refractivity contribution in [3.05, 3.63) is 33.3 Å². The number of rotatable bonds is 5. The molecule has 0 amide bonds. The van der Waals surface area contributed by atoms with Gasteiger partial charge >= 0.3 is 11.7 Å². The monoisotopic (exact) mass is 285 g/mol. The number of carboxylic acid groups (broad SMARTS) is 1. The SMILES string of the molecule is O=C(O)CC1(Oc2cc(Cl)ccc2[N+](=O)[O-])CCC1. The van der Waals surface area contributed by atoms with Gasteiger partial charge in [0.05, 0.1) is 11.3 Å². The first kappa shape index (κ1) is 13.6. The maximum atomic E-state index is 10.9. The predicted molar refractivity (Wildman–Crippen MR) is 67.6 cm³/mol. The Morgan fingerprint density at radius 2 is 2.21 bits per heavy atom. The van der Waals surface area contributed by atoms with Crippen molar-refractivity contribution >= 4 is 23.3 Å². The molecule has 1 saturated carbocycles. The normalized spacial score (nSPS) is 16.5. The number of aliphatic carboxylic acids is 1. The van der Waals surface area contributed by atoms with E-state index < -0.39 is 16.5 Å². The van der Waals surface area contributed by atoms with Gasteiger partial charge in [-0.05, 0) is 25.3 Å². The maximum absolute atomic E-state index is 10.9. The van der Waals surface area contributed by atoms with Gasteiger partial charge in [0, 0.05) is 17.2 Å². The van der Waals surface area contributed by atoms with Gasteiger partial charge in [-0.1, -0.05) is 11.6 Å². The zero-order valence-corrected chi connectivity index (χ0v) is 10.7. The van der Waals surface area contributed by atoms with Gasteiger partial charge in [-0.3, -0.25) is 14.9 Å². The van der Waals surface area contributed by atoms with Gasteiger partial charge in [-0.25, -0.2) is 0 Å². The molecule has 0 aliphatic heterocycles. The molecule has 0 atom stereocenters. The Hall–Kier alpha value is -1.82. The quantitative estimate of drug-likeness (QED) is 0.663. The molecule has 2 rings (SSSR count). The lowest BCUT2D eigenvalue weighted by molar-refractivity contribution is -0.386. The Balaban J connectivity index is 2.28. The van der Waals surface area contributed by atoms with Crippen molar-refractivity contribution in [2.75, 3.05) is 0 Å². The Labute approximate surface area is 114 Å². The first-order valence-electron chi connectivity index (χ1n) is 5.77. The smallest absolute Gasteiger partial charge is 0.311 e. The average Bonchev–Trinajstić information content (AvgIpc) is 2.25. The number of hydrogen-bond acceptors (Lipinski definition) is 4. The van der Waals surface area contributed by atoms with E-state index in [-0.39, 0.29) is 17.9 Å². The van der Waals surface area contributed by atoms with Crippen LogP contribution in [0.2, 0.25) is 5.02 Å². The Morgan fingerprint density at radius 3 is 2.68 bits per heavy atom. The molecule has 0 radical (unpaired) electrons. The van der Waals surface area contributed by atoms with Gasteiger partial charge in [0.1, 0.15) is 5.60 Å². The van der Waals surface area contributed by atoms with Crippen molar-refractivity contribution in [2.24, 2.45) is 0 Å². The van der Waals surface area contributed by atoms with Crippen LogP contribution in [-0.2, 0) is 4.79 Å². The van der Waals surface area contributed by atoms with Gasteiger partial charge in [0.25, 0.3) is 0 Å². The molecule has 1 aliphatic carbocycles.